The standard InChI is InChI=1S/C18H24F3N5/c1-12-8-13(2)10-14(9-12)23-16-11-15(18(19,20)21)24-17(25-16)22-6-5-7-26(3)4/h8-11H,5-7H2,1-4H3,(H2,22,23,24,25). The van der Waals surface area contributed by atoms with E-state index in [4.69, 9.17) is 0 Å². The predicted molar refractivity (Wildman–Crippen MR) is 97.9 cm³/mol. The highest BCUT2D eigenvalue weighted by molar-refractivity contribution is 5.59. The van der Waals surface area contributed by atoms with Gasteiger partial charge in [0, 0.05) is 18.3 Å². The van der Waals surface area contributed by atoms with Gasteiger partial charge in [0.05, 0.1) is 0 Å². The third-order valence-electron chi connectivity index (χ3n) is 3.58. The Labute approximate surface area is 151 Å². The van der Waals surface area contributed by atoms with Crippen LogP contribution in [0.4, 0.5) is 30.6 Å². The van der Waals surface area contributed by atoms with Crippen LogP contribution in [0.1, 0.15) is 23.2 Å². The molecule has 2 N–H and O–H groups in total. The van der Waals surface area contributed by atoms with Gasteiger partial charge in [0.25, 0.3) is 0 Å². The van der Waals surface area contributed by atoms with E-state index >= 15 is 0 Å². The number of alkyl halides is 3. The van der Waals surface area contributed by atoms with Gasteiger partial charge in [-0.25, -0.2) is 4.98 Å². The highest BCUT2D eigenvalue weighted by Crippen LogP contribution is 2.30. The molecule has 1 aromatic carbocycles. The molecule has 0 saturated heterocycles. The van der Waals surface area contributed by atoms with Crippen LogP contribution in [0.3, 0.4) is 0 Å². The Hall–Kier alpha value is -2.35. The van der Waals surface area contributed by atoms with Gasteiger partial charge in [0.2, 0.25) is 5.95 Å². The van der Waals surface area contributed by atoms with Gasteiger partial charge in [-0.3, -0.25) is 0 Å². The van der Waals surface area contributed by atoms with Gasteiger partial charge in [0.1, 0.15) is 5.82 Å². The molecule has 2 rings (SSSR count). The van der Waals surface area contributed by atoms with Crippen molar-refractivity contribution in [2.24, 2.45) is 0 Å². The van der Waals surface area contributed by atoms with E-state index in [1.807, 2.05) is 51.0 Å². The maximum absolute atomic E-state index is 13.2. The molecule has 1 aromatic heterocycles. The molecule has 0 amide bonds. The molecule has 2 aromatic rings. The van der Waals surface area contributed by atoms with Crippen LogP contribution in [0, 0.1) is 13.8 Å². The highest BCUT2D eigenvalue weighted by atomic mass is 19.4. The van der Waals surface area contributed by atoms with Crippen LogP contribution in [0.25, 0.3) is 0 Å². The van der Waals surface area contributed by atoms with Crippen LogP contribution < -0.4 is 10.6 Å². The average molecular weight is 367 g/mol. The van der Waals surface area contributed by atoms with Crippen LogP contribution >= 0.6 is 0 Å². The Morgan fingerprint density at radius 1 is 1.00 bits per heavy atom. The van der Waals surface area contributed by atoms with Crippen molar-refractivity contribution in [2.45, 2.75) is 26.4 Å². The number of rotatable bonds is 7. The number of hydrogen-bond acceptors (Lipinski definition) is 5. The molecule has 0 radical (unpaired) electrons. The van der Waals surface area contributed by atoms with Crippen molar-refractivity contribution in [1.29, 1.82) is 0 Å². The minimum Gasteiger partial charge on any atom is -0.354 e. The average Bonchev–Trinajstić information content (AvgIpc) is 2.49. The van der Waals surface area contributed by atoms with E-state index in [1.165, 1.54) is 0 Å². The number of nitrogens with zero attached hydrogens (tertiary/aromatic N) is 3. The topological polar surface area (TPSA) is 53.1 Å². The lowest BCUT2D eigenvalue weighted by Gasteiger charge is -2.14. The van der Waals surface area contributed by atoms with Crippen molar-refractivity contribution < 1.29 is 13.2 Å². The van der Waals surface area contributed by atoms with Crippen molar-refractivity contribution in [1.82, 2.24) is 14.9 Å². The minimum absolute atomic E-state index is 0.0366. The number of hydrogen-bond donors (Lipinski definition) is 2. The van der Waals surface area contributed by atoms with Crippen molar-refractivity contribution in [3.8, 4) is 0 Å². The molecule has 1 heterocycles. The van der Waals surface area contributed by atoms with Gasteiger partial charge in [-0.05, 0) is 64.2 Å². The van der Waals surface area contributed by atoms with Crippen LogP contribution in [0.15, 0.2) is 24.3 Å². The van der Waals surface area contributed by atoms with E-state index in [1.54, 1.807) is 0 Å². The number of aryl methyl sites for hydroxylation is 2. The molecule has 0 saturated carbocycles. The fourth-order valence-corrected chi connectivity index (χ4v) is 2.53. The zero-order valence-electron chi connectivity index (χ0n) is 15.4. The Morgan fingerprint density at radius 2 is 1.65 bits per heavy atom. The van der Waals surface area contributed by atoms with Gasteiger partial charge in [-0.2, -0.15) is 18.2 Å². The summed E-state index contributed by atoms with van der Waals surface area (Å²) in [6.45, 7) is 5.16. The van der Waals surface area contributed by atoms with E-state index in [-0.39, 0.29) is 11.8 Å². The molecule has 0 fully saturated rings. The summed E-state index contributed by atoms with van der Waals surface area (Å²) in [7, 11) is 3.87. The van der Waals surface area contributed by atoms with E-state index in [9.17, 15) is 13.2 Å². The molecule has 8 heteroatoms. The van der Waals surface area contributed by atoms with Crippen LogP contribution in [0.2, 0.25) is 0 Å². The monoisotopic (exact) mass is 367 g/mol. The summed E-state index contributed by atoms with van der Waals surface area (Å²) in [5.41, 5.74) is 1.74. The first-order valence-electron chi connectivity index (χ1n) is 8.33. The number of nitrogens with one attached hydrogen (secondary N) is 2. The molecule has 0 aliphatic carbocycles. The van der Waals surface area contributed by atoms with E-state index in [2.05, 4.69) is 20.6 Å². The summed E-state index contributed by atoms with van der Waals surface area (Å²) in [6, 6.07) is 6.62. The summed E-state index contributed by atoms with van der Waals surface area (Å²) in [4.78, 5) is 9.77. The highest BCUT2D eigenvalue weighted by Gasteiger charge is 2.33. The van der Waals surface area contributed by atoms with Gasteiger partial charge in [-0.15, -0.1) is 0 Å². The molecular formula is C18H24F3N5. The molecule has 26 heavy (non-hydrogen) atoms. The molecule has 0 bridgehead atoms. The zero-order valence-corrected chi connectivity index (χ0v) is 15.4. The fraction of sp³-hybridized carbons (Fsp3) is 0.444. The fourth-order valence-electron chi connectivity index (χ4n) is 2.53. The largest absolute Gasteiger partial charge is 0.433 e. The summed E-state index contributed by atoms with van der Waals surface area (Å²) in [5.74, 6) is 0.0675. The second kappa shape index (κ2) is 8.35. The number of aromatic nitrogens is 2. The van der Waals surface area contributed by atoms with Crippen LogP contribution in [0.5, 0.6) is 0 Å². The number of anilines is 3. The van der Waals surface area contributed by atoms with Gasteiger partial charge in [-0.1, -0.05) is 6.07 Å². The second-order valence-corrected chi connectivity index (χ2v) is 6.54. The normalized spacial score (nSPS) is 11.7. The Balaban J connectivity index is 2.22. The third kappa shape index (κ3) is 6.18. The second-order valence-electron chi connectivity index (χ2n) is 6.54. The Morgan fingerprint density at radius 3 is 2.23 bits per heavy atom. The van der Waals surface area contributed by atoms with Crippen LogP contribution in [-0.2, 0) is 6.18 Å². The molecule has 0 aliphatic heterocycles. The summed E-state index contributed by atoms with van der Waals surface area (Å²) in [5, 5.41) is 5.82. The maximum atomic E-state index is 13.2. The first-order valence-corrected chi connectivity index (χ1v) is 8.33. The summed E-state index contributed by atoms with van der Waals surface area (Å²) in [6.07, 6.45) is -3.77. The molecule has 0 spiro atoms. The van der Waals surface area contributed by atoms with Crippen molar-refractivity contribution >= 4 is 17.5 Å². The quantitative estimate of drug-likeness (QED) is 0.718. The van der Waals surface area contributed by atoms with E-state index < -0.39 is 11.9 Å². The van der Waals surface area contributed by atoms with Crippen molar-refractivity contribution in [3.05, 3.63) is 41.1 Å². The van der Waals surface area contributed by atoms with E-state index in [0.717, 1.165) is 30.2 Å². The van der Waals surface area contributed by atoms with Gasteiger partial charge >= 0.3 is 6.18 Å². The molecule has 0 unspecified atom stereocenters. The summed E-state index contributed by atoms with van der Waals surface area (Å²) >= 11 is 0. The van der Waals surface area contributed by atoms with E-state index in [0.29, 0.717) is 12.2 Å². The molecule has 0 atom stereocenters. The maximum Gasteiger partial charge on any atom is 0.433 e. The molecule has 142 valence electrons. The van der Waals surface area contributed by atoms with Gasteiger partial charge in [0.15, 0.2) is 5.69 Å². The zero-order chi connectivity index (χ0) is 19.3. The summed E-state index contributed by atoms with van der Waals surface area (Å²) < 4.78 is 39.5. The predicted octanol–water partition coefficient (Wildman–Crippen LogP) is 4.22. The smallest absolute Gasteiger partial charge is 0.354 e. The lowest BCUT2D eigenvalue weighted by Crippen LogP contribution is -2.18. The Kier molecular flexibility index (Phi) is 6.42. The molecule has 0 aliphatic rings. The van der Waals surface area contributed by atoms with Crippen LogP contribution in [-0.4, -0.2) is 42.1 Å². The number of halogens is 3. The first-order chi connectivity index (χ1) is 12.1. The lowest BCUT2D eigenvalue weighted by atomic mass is 10.1. The Bertz CT molecular complexity index is 724. The molecular weight excluding hydrogens is 343 g/mol. The lowest BCUT2D eigenvalue weighted by molar-refractivity contribution is -0.141. The first kappa shape index (κ1) is 20.0. The van der Waals surface area contributed by atoms with Gasteiger partial charge < -0.3 is 15.5 Å². The molecule has 5 nitrogen and oxygen atoms in total. The third-order valence-corrected chi connectivity index (χ3v) is 3.58. The minimum atomic E-state index is -4.54. The van der Waals surface area contributed by atoms with Crippen molar-refractivity contribution in [2.75, 3.05) is 37.8 Å². The van der Waals surface area contributed by atoms with Crippen molar-refractivity contribution in [3.63, 3.8) is 0 Å². The number of benzene rings is 1. The SMILES string of the molecule is Cc1cc(C)cc(Nc2cc(C(F)(F)F)nc(NCCCN(C)C)n2)c1.